The van der Waals surface area contributed by atoms with E-state index in [2.05, 4.69) is 21.4 Å². The van der Waals surface area contributed by atoms with Gasteiger partial charge in [0, 0.05) is 10.0 Å². The minimum absolute atomic E-state index is 0.291. The summed E-state index contributed by atoms with van der Waals surface area (Å²) in [4.78, 5) is 0. The highest BCUT2D eigenvalue weighted by Gasteiger charge is 2.18. The Hall–Kier alpha value is -1.75. The van der Waals surface area contributed by atoms with Gasteiger partial charge in [0.15, 0.2) is 0 Å². The Labute approximate surface area is 130 Å². The van der Waals surface area contributed by atoms with Crippen LogP contribution >= 0.6 is 15.9 Å². The molecule has 21 heavy (non-hydrogen) atoms. The Kier molecular flexibility index (Phi) is 4.01. The first-order valence-electron chi connectivity index (χ1n) is 6.59. The summed E-state index contributed by atoms with van der Waals surface area (Å²) in [5.74, 6) is 5.41. The molecule has 0 radical (unpaired) electrons. The van der Waals surface area contributed by atoms with Crippen LogP contribution in [0.4, 0.5) is 4.39 Å². The van der Waals surface area contributed by atoms with Crippen LogP contribution in [0.5, 0.6) is 0 Å². The lowest BCUT2D eigenvalue weighted by atomic mass is 9.94. The number of hydrogen-bond donors (Lipinski definition) is 2. The van der Waals surface area contributed by atoms with Crippen LogP contribution < -0.4 is 11.3 Å². The van der Waals surface area contributed by atoms with E-state index >= 15 is 0 Å². The van der Waals surface area contributed by atoms with Crippen LogP contribution in [0, 0.1) is 5.82 Å². The molecule has 0 aromatic heterocycles. The molecule has 0 aliphatic heterocycles. The van der Waals surface area contributed by atoms with E-state index in [9.17, 15) is 4.39 Å². The van der Waals surface area contributed by atoms with Crippen molar-refractivity contribution < 1.29 is 4.39 Å². The van der Waals surface area contributed by atoms with Crippen molar-refractivity contribution in [3.05, 3.63) is 82.1 Å². The molecule has 0 aliphatic rings. The minimum Gasteiger partial charge on any atom is -0.271 e. The maximum absolute atomic E-state index is 14.2. The van der Waals surface area contributed by atoms with Crippen LogP contribution in [0.1, 0.15) is 17.2 Å². The quantitative estimate of drug-likeness (QED) is 0.549. The summed E-state index contributed by atoms with van der Waals surface area (Å²) in [6, 6.07) is 18.6. The van der Waals surface area contributed by atoms with Gasteiger partial charge in [0.1, 0.15) is 5.82 Å². The summed E-state index contributed by atoms with van der Waals surface area (Å²) in [6.45, 7) is 0. The molecule has 3 N–H and O–H groups in total. The molecule has 0 fully saturated rings. The molecule has 1 atom stereocenters. The first-order chi connectivity index (χ1) is 10.2. The molecular formula is C17H14BrFN2. The van der Waals surface area contributed by atoms with Gasteiger partial charge in [-0.25, -0.2) is 9.82 Å². The summed E-state index contributed by atoms with van der Waals surface area (Å²) in [7, 11) is 0. The Balaban J connectivity index is 2.18. The van der Waals surface area contributed by atoms with Crippen LogP contribution in [-0.4, -0.2) is 0 Å². The van der Waals surface area contributed by atoms with Gasteiger partial charge in [-0.1, -0.05) is 64.5 Å². The molecule has 0 saturated heterocycles. The molecule has 3 aromatic rings. The lowest BCUT2D eigenvalue weighted by molar-refractivity contribution is 0.561. The summed E-state index contributed by atoms with van der Waals surface area (Å²) >= 11 is 3.27. The first-order valence-corrected chi connectivity index (χ1v) is 7.39. The molecule has 0 spiro atoms. The van der Waals surface area contributed by atoms with Gasteiger partial charge in [-0.15, -0.1) is 0 Å². The van der Waals surface area contributed by atoms with E-state index in [4.69, 9.17) is 5.84 Å². The third kappa shape index (κ3) is 2.70. The molecule has 4 heteroatoms. The van der Waals surface area contributed by atoms with Gasteiger partial charge < -0.3 is 0 Å². The monoisotopic (exact) mass is 344 g/mol. The molecule has 0 amide bonds. The Morgan fingerprint density at radius 1 is 0.952 bits per heavy atom. The van der Waals surface area contributed by atoms with Crippen molar-refractivity contribution >= 4 is 26.7 Å². The van der Waals surface area contributed by atoms with Crippen molar-refractivity contribution in [2.45, 2.75) is 6.04 Å². The molecule has 0 aliphatic carbocycles. The number of fused-ring (bicyclic) bond motifs is 1. The van der Waals surface area contributed by atoms with E-state index in [1.807, 2.05) is 48.5 Å². The van der Waals surface area contributed by atoms with E-state index in [1.165, 1.54) is 6.07 Å². The first kappa shape index (κ1) is 14.2. The number of nitrogens with one attached hydrogen (secondary N) is 1. The van der Waals surface area contributed by atoms with Crippen molar-refractivity contribution in [2.24, 2.45) is 5.84 Å². The molecule has 106 valence electrons. The summed E-state index contributed by atoms with van der Waals surface area (Å²) < 4.78 is 15.0. The fourth-order valence-corrected chi connectivity index (χ4v) is 2.92. The SMILES string of the molecule is NNC(c1ccc(Br)cc1F)c1cccc2ccccc12. The van der Waals surface area contributed by atoms with E-state index < -0.39 is 6.04 Å². The Bertz CT molecular complexity index is 783. The average Bonchev–Trinajstić information content (AvgIpc) is 2.50. The highest BCUT2D eigenvalue weighted by atomic mass is 79.9. The molecule has 3 aromatic carbocycles. The molecule has 1 unspecified atom stereocenters. The van der Waals surface area contributed by atoms with Crippen LogP contribution in [0.2, 0.25) is 0 Å². The smallest absolute Gasteiger partial charge is 0.129 e. The topological polar surface area (TPSA) is 38.0 Å². The lowest BCUT2D eigenvalue weighted by Crippen LogP contribution is -2.29. The zero-order chi connectivity index (χ0) is 14.8. The third-order valence-electron chi connectivity index (χ3n) is 3.57. The summed E-state index contributed by atoms with van der Waals surface area (Å²) in [5.41, 5.74) is 4.21. The summed E-state index contributed by atoms with van der Waals surface area (Å²) in [6.07, 6.45) is 0. The molecule has 2 nitrogen and oxygen atoms in total. The second-order valence-electron chi connectivity index (χ2n) is 4.83. The summed E-state index contributed by atoms with van der Waals surface area (Å²) in [5, 5.41) is 2.16. The zero-order valence-electron chi connectivity index (χ0n) is 11.2. The fraction of sp³-hybridized carbons (Fsp3) is 0.0588. The third-order valence-corrected chi connectivity index (χ3v) is 4.07. The van der Waals surface area contributed by atoms with Crippen molar-refractivity contribution in [1.82, 2.24) is 5.43 Å². The highest BCUT2D eigenvalue weighted by molar-refractivity contribution is 9.10. The second kappa shape index (κ2) is 5.93. The van der Waals surface area contributed by atoms with Crippen molar-refractivity contribution in [3.63, 3.8) is 0 Å². The fourth-order valence-electron chi connectivity index (χ4n) is 2.58. The van der Waals surface area contributed by atoms with Crippen LogP contribution in [0.15, 0.2) is 65.1 Å². The van der Waals surface area contributed by atoms with Crippen molar-refractivity contribution in [3.8, 4) is 0 Å². The Morgan fingerprint density at radius 3 is 2.48 bits per heavy atom. The predicted molar refractivity (Wildman–Crippen MR) is 87.2 cm³/mol. The second-order valence-corrected chi connectivity index (χ2v) is 5.75. The number of halogens is 2. The van der Waals surface area contributed by atoms with Gasteiger partial charge in [-0.05, 0) is 28.5 Å². The van der Waals surface area contributed by atoms with Crippen LogP contribution in [-0.2, 0) is 0 Å². The molecule has 3 rings (SSSR count). The van der Waals surface area contributed by atoms with Gasteiger partial charge in [0.25, 0.3) is 0 Å². The molecule has 0 bridgehead atoms. The standard InChI is InChI=1S/C17H14BrFN2/c18-12-8-9-15(16(19)10-12)17(21-20)14-7-3-5-11-4-1-2-6-13(11)14/h1-10,17,21H,20H2. The minimum atomic E-state index is -0.399. The largest absolute Gasteiger partial charge is 0.271 e. The van der Waals surface area contributed by atoms with Gasteiger partial charge in [0.2, 0.25) is 0 Å². The molecular weight excluding hydrogens is 331 g/mol. The van der Waals surface area contributed by atoms with Crippen LogP contribution in [0.3, 0.4) is 0 Å². The van der Waals surface area contributed by atoms with Gasteiger partial charge in [-0.3, -0.25) is 5.84 Å². The maximum atomic E-state index is 14.2. The van der Waals surface area contributed by atoms with Gasteiger partial charge in [0.05, 0.1) is 6.04 Å². The highest BCUT2D eigenvalue weighted by Crippen LogP contribution is 2.30. The number of benzene rings is 3. The maximum Gasteiger partial charge on any atom is 0.129 e. The van der Waals surface area contributed by atoms with Gasteiger partial charge in [-0.2, -0.15) is 0 Å². The van der Waals surface area contributed by atoms with E-state index in [-0.39, 0.29) is 5.82 Å². The van der Waals surface area contributed by atoms with Crippen molar-refractivity contribution in [2.75, 3.05) is 0 Å². The lowest BCUT2D eigenvalue weighted by Gasteiger charge is -2.19. The number of hydrogen-bond acceptors (Lipinski definition) is 2. The zero-order valence-corrected chi connectivity index (χ0v) is 12.8. The average molecular weight is 345 g/mol. The number of hydrazine groups is 1. The van der Waals surface area contributed by atoms with E-state index in [0.29, 0.717) is 10.0 Å². The Morgan fingerprint density at radius 2 is 1.71 bits per heavy atom. The molecule has 0 heterocycles. The van der Waals surface area contributed by atoms with Crippen LogP contribution in [0.25, 0.3) is 10.8 Å². The normalized spacial score (nSPS) is 12.5. The number of nitrogens with two attached hydrogens (primary N) is 1. The van der Waals surface area contributed by atoms with Crippen molar-refractivity contribution in [1.29, 1.82) is 0 Å². The number of rotatable bonds is 3. The van der Waals surface area contributed by atoms with E-state index in [1.54, 1.807) is 6.07 Å². The van der Waals surface area contributed by atoms with Gasteiger partial charge >= 0.3 is 0 Å². The molecule has 0 saturated carbocycles. The predicted octanol–water partition coefficient (Wildman–Crippen LogP) is 4.29. The van der Waals surface area contributed by atoms with E-state index in [0.717, 1.165) is 16.3 Å².